The maximum Gasteiger partial charge on any atom is 0.256 e. The van der Waals surface area contributed by atoms with E-state index in [0.717, 1.165) is 34.6 Å². The summed E-state index contributed by atoms with van der Waals surface area (Å²) < 4.78 is 4.25. The Morgan fingerprint density at radius 1 is 1.19 bits per heavy atom. The van der Waals surface area contributed by atoms with E-state index >= 15 is 0 Å². The van der Waals surface area contributed by atoms with Crippen LogP contribution in [-0.4, -0.2) is 35.3 Å². The molecule has 2 aromatic rings. The lowest BCUT2D eigenvalue weighted by atomic mass is 9.91. The van der Waals surface area contributed by atoms with Crippen molar-refractivity contribution in [2.45, 2.75) is 40.3 Å². The number of carbonyl (C=O) groups is 1. The van der Waals surface area contributed by atoms with Gasteiger partial charge in [0.1, 0.15) is 5.00 Å². The van der Waals surface area contributed by atoms with Gasteiger partial charge in [-0.15, -0.1) is 0 Å². The van der Waals surface area contributed by atoms with Crippen LogP contribution in [0.1, 0.15) is 47.4 Å². The highest BCUT2D eigenvalue weighted by atomic mass is 32.1. The summed E-state index contributed by atoms with van der Waals surface area (Å²) in [7, 11) is 1.81. The van der Waals surface area contributed by atoms with Gasteiger partial charge >= 0.3 is 0 Å². The van der Waals surface area contributed by atoms with Crippen molar-refractivity contribution >= 4 is 22.4 Å². The zero-order chi connectivity index (χ0) is 19.4. The van der Waals surface area contributed by atoms with E-state index in [1.165, 1.54) is 36.6 Å². The molecule has 1 aliphatic rings. The number of nitrogens with one attached hydrogen (secondary N) is 2. The van der Waals surface area contributed by atoms with Crippen LogP contribution in [0.2, 0.25) is 0 Å². The Kier molecular flexibility index (Phi) is 6.50. The number of likely N-dealkylation sites (tertiary alicyclic amines) is 1. The molecule has 2 heterocycles. The molecule has 0 saturated carbocycles. The Labute approximate surface area is 166 Å². The van der Waals surface area contributed by atoms with Crippen molar-refractivity contribution in [3.8, 4) is 0 Å². The first-order valence-corrected chi connectivity index (χ1v) is 10.5. The Morgan fingerprint density at radius 2 is 1.81 bits per heavy atom. The Bertz CT molecular complexity index is 761. The quantitative estimate of drug-likeness (QED) is 0.790. The molecule has 0 spiro atoms. The van der Waals surface area contributed by atoms with Gasteiger partial charge < -0.3 is 10.6 Å². The average molecular weight is 387 g/mol. The van der Waals surface area contributed by atoms with Gasteiger partial charge in [-0.05, 0) is 47.8 Å². The molecule has 6 heteroatoms. The minimum atomic E-state index is -0.0778. The van der Waals surface area contributed by atoms with Crippen molar-refractivity contribution in [2.24, 2.45) is 11.8 Å². The summed E-state index contributed by atoms with van der Waals surface area (Å²) in [6.07, 6.45) is 1.34. The molecule has 1 aromatic carbocycles. The van der Waals surface area contributed by atoms with Crippen LogP contribution in [0.4, 0.5) is 5.00 Å². The van der Waals surface area contributed by atoms with E-state index in [0.29, 0.717) is 12.1 Å². The van der Waals surface area contributed by atoms with Crippen LogP contribution >= 0.6 is 11.5 Å². The lowest BCUT2D eigenvalue weighted by Crippen LogP contribution is -2.38. The predicted octanol–water partition coefficient (Wildman–Crippen LogP) is 3.90. The van der Waals surface area contributed by atoms with E-state index in [1.807, 2.05) is 14.0 Å². The fourth-order valence-electron chi connectivity index (χ4n) is 4.02. The zero-order valence-corrected chi connectivity index (χ0v) is 17.5. The highest BCUT2D eigenvalue weighted by Gasteiger charge is 2.21. The maximum absolute atomic E-state index is 12.5. The van der Waals surface area contributed by atoms with Crippen molar-refractivity contribution in [1.29, 1.82) is 0 Å². The molecule has 0 bridgehead atoms. The number of hydrogen-bond donors (Lipinski definition) is 2. The summed E-state index contributed by atoms with van der Waals surface area (Å²) in [5.41, 5.74) is 3.86. The maximum atomic E-state index is 12.5. The van der Waals surface area contributed by atoms with Crippen molar-refractivity contribution in [3.63, 3.8) is 0 Å². The fraction of sp³-hybridized carbons (Fsp3) is 0.524. The largest absolute Gasteiger partial charge is 0.378 e. The summed E-state index contributed by atoms with van der Waals surface area (Å²) in [5.74, 6) is 1.48. The number of carbonyl (C=O) groups excluding carboxylic acids is 1. The topological polar surface area (TPSA) is 57.3 Å². The van der Waals surface area contributed by atoms with Crippen molar-refractivity contribution in [1.82, 2.24) is 14.6 Å². The minimum absolute atomic E-state index is 0.0778. The number of benzene rings is 1. The SMILES string of the molecule is CNc1snc(C)c1C(=O)NCc1ccc(CN2CC(C)CC(C)C2)cc1. The molecule has 5 nitrogen and oxygen atoms in total. The Hall–Kier alpha value is -1.92. The van der Waals surface area contributed by atoms with E-state index in [-0.39, 0.29) is 5.91 Å². The molecule has 2 unspecified atom stereocenters. The third kappa shape index (κ3) is 5.08. The molecule has 3 rings (SSSR count). The van der Waals surface area contributed by atoms with Gasteiger partial charge in [0.15, 0.2) is 0 Å². The van der Waals surface area contributed by atoms with Crippen molar-refractivity contribution in [2.75, 3.05) is 25.5 Å². The smallest absolute Gasteiger partial charge is 0.256 e. The first kappa shape index (κ1) is 19.8. The predicted molar refractivity (Wildman–Crippen MR) is 112 cm³/mol. The summed E-state index contributed by atoms with van der Waals surface area (Å²) in [6, 6.07) is 8.60. The molecule has 1 amide bonds. The highest BCUT2D eigenvalue weighted by molar-refractivity contribution is 7.10. The monoisotopic (exact) mass is 386 g/mol. The Balaban J connectivity index is 1.55. The van der Waals surface area contributed by atoms with E-state index in [4.69, 9.17) is 0 Å². The van der Waals surface area contributed by atoms with Gasteiger partial charge in [-0.25, -0.2) is 0 Å². The van der Waals surface area contributed by atoms with E-state index in [9.17, 15) is 4.79 Å². The zero-order valence-electron chi connectivity index (χ0n) is 16.7. The molecule has 146 valence electrons. The minimum Gasteiger partial charge on any atom is -0.378 e. The van der Waals surface area contributed by atoms with Gasteiger partial charge in [0.2, 0.25) is 0 Å². The summed E-state index contributed by atoms with van der Waals surface area (Å²) in [5, 5.41) is 6.86. The van der Waals surface area contributed by atoms with Crippen LogP contribution in [0.3, 0.4) is 0 Å². The van der Waals surface area contributed by atoms with Crippen LogP contribution < -0.4 is 10.6 Å². The van der Waals surface area contributed by atoms with Crippen LogP contribution in [0.15, 0.2) is 24.3 Å². The second-order valence-electron chi connectivity index (χ2n) is 7.86. The number of anilines is 1. The Morgan fingerprint density at radius 3 is 2.44 bits per heavy atom. The van der Waals surface area contributed by atoms with Gasteiger partial charge in [-0.2, -0.15) is 4.37 Å². The average Bonchev–Trinajstić information content (AvgIpc) is 3.01. The number of aryl methyl sites for hydroxylation is 1. The molecule has 0 aliphatic carbocycles. The van der Waals surface area contributed by atoms with Gasteiger partial charge in [0.25, 0.3) is 5.91 Å². The number of nitrogens with zero attached hydrogens (tertiary/aromatic N) is 2. The van der Waals surface area contributed by atoms with Gasteiger partial charge in [0.05, 0.1) is 11.3 Å². The molecule has 1 fully saturated rings. The van der Waals surface area contributed by atoms with Crippen molar-refractivity contribution < 1.29 is 4.79 Å². The lowest BCUT2D eigenvalue weighted by molar-refractivity contribution is 0.0951. The van der Waals surface area contributed by atoms with E-state index in [1.54, 1.807) is 0 Å². The lowest BCUT2D eigenvalue weighted by Gasteiger charge is -2.35. The number of amides is 1. The van der Waals surface area contributed by atoms with Crippen LogP contribution in [0, 0.1) is 18.8 Å². The van der Waals surface area contributed by atoms with Gasteiger partial charge in [-0.3, -0.25) is 9.69 Å². The van der Waals surface area contributed by atoms with Crippen LogP contribution in [0.5, 0.6) is 0 Å². The highest BCUT2D eigenvalue weighted by Crippen LogP contribution is 2.24. The molecule has 1 saturated heterocycles. The number of piperidine rings is 1. The molecule has 2 N–H and O–H groups in total. The number of aromatic nitrogens is 1. The molecule has 1 aliphatic heterocycles. The van der Waals surface area contributed by atoms with Crippen LogP contribution in [-0.2, 0) is 13.1 Å². The second kappa shape index (κ2) is 8.85. The third-order valence-electron chi connectivity index (χ3n) is 5.14. The first-order chi connectivity index (χ1) is 13.0. The van der Waals surface area contributed by atoms with Crippen LogP contribution in [0.25, 0.3) is 0 Å². The van der Waals surface area contributed by atoms with E-state index in [2.05, 4.69) is 58.0 Å². The standard InChI is InChI=1S/C21H30N4OS/c1-14-9-15(2)12-25(11-14)13-18-7-5-17(6-8-18)10-23-20(26)19-16(3)24-27-21(19)22-4/h5-8,14-15,22H,9-13H2,1-4H3,(H,23,26). The fourth-order valence-corrected chi connectivity index (χ4v) is 4.76. The molecule has 2 atom stereocenters. The van der Waals surface area contributed by atoms with Gasteiger partial charge in [0, 0.05) is 33.2 Å². The van der Waals surface area contributed by atoms with Gasteiger partial charge in [-0.1, -0.05) is 38.1 Å². The molecular formula is C21H30N4OS. The number of hydrogen-bond acceptors (Lipinski definition) is 5. The second-order valence-corrected chi connectivity index (χ2v) is 8.63. The molecule has 1 aromatic heterocycles. The number of rotatable bonds is 6. The molecule has 27 heavy (non-hydrogen) atoms. The summed E-state index contributed by atoms with van der Waals surface area (Å²) in [4.78, 5) is 15.0. The summed E-state index contributed by atoms with van der Waals surface area (Å²) >= 11 is 1.32. The first-order valence-electron chi connectivity index (χ1n) is 9.68. The summed E-state index contributed by atoms with van der Waals surface area (Å²) in [6.45, 7) is 10.5. The molecular weight excluding hydrogens is 356 g/mol. The van der Waals surface area contributed by atoms with E-state index < -0.39 is 0 Å². The van der Waals surface area contributed by atoms with Crippen molar-refractivity contribution in [3.05, 3.63) is 46.6 Å². The third-order valence-corrected chi connectivity index (χ3v) is 6.10. The molecule has 0 radical (unpaired) electrons. The normalized spacial score (nSPS) is 20.4.